The van der Waals surface area contributed by atoms with Crippen molar-refractivity contribution >= 4 is 5.82 Å². The molecule has 0 aliphatic rings. The maximum atomic E-state index is 12.9. The molecule has 0 spiro atoms. The number of halogens is 3. The largest absolute Gasteiger partial charge is 0.416 e. The van der Waals surface area contributed by atoms with Crippen LogP contribution < -0.4 is 5.73 Å². The number of nitrogen functional groups attached to an aromatic ring is 1. The fourth-order valence-electron chi connectivity index (χ4n) is 3.63. The van der Waals surface area contributed by atoms with Crippen molar-refractivity contribution in [1.29, 1.82) is 10.5 Å². The highest BCUT2D eigenvalue weighted by Gasteiger charge is 2.30. The number of rotatable bonds is 3. The van der Waals surface area contributed by atoms with Crippen LogP contribution in [0.3, 0.4) is 0 Å². The Bertz CT molecular complexity index is 1410. The van der Waals surface area contributed by atoms with Crippen LogP contribution in [0.25, 0.3) is 33.5 Å². The predicted molar refractivity (Wildman–Crippen MR) is 119 cm³/mol. The fraction of sp³-hybridized carbons (Fsp3) is 0.0385. The van der Waals surface area contributed by atoms with E-state index in [1.54, 1.807) is 48.5 Å². The molecular formula is C26H15F3N4. The molecule has 4 rings (SSSR count). The maximum absolute atomic E-state index is 12.9. The molecule has 0 saturated heterocycles. The van der Waals surface area contributed by atoms with Crippen molar-refractivity contribution in [3.8, 4) is 45.6 Å². The maximum Gasteiger partial charge on any atom is 0.416 e. The summed E-state index contributed by atoms with van der Waals surface area (Å²) in [6.07, 6.45) is -4.42. The molecule has 160 valence electrons. The Morgan fingerprint density at radius 3 is 1.91 bits per heavy atom. The number of nitrogens with zero attached hydrogens (tertiary/aromatic N) is 3. The van der Waals surface area contributed by atoms with Crippen molar-refractivity contribution in [2.45, 2.75) is 6.18 Å². The third kappa shape index (κ3) is 4.13. The first kappa shape index (κ1) is 21.6. The molecule has 0 unspecified atom stereocenters. The quantitative estimate of drug-likeness (QED) is 0.398. The Balaban J connectivity index is 1.91. The number of hydrogen-bond acceptors (Lipinski definition) is 4. The average molecular weight is 440 g/mol. The topological polar surface area (TPSA) is 86.5 Å². The number of nitrogens with two attached hydrogens (primary N) is 1. The average Bonchev–Trinajstić information content (AvgIpc) is 2.83. The van der Waals surface area contributed by atoms with Crippen molar-refractivity contribution in [3.63, 3.8) is 0 Å². The van der Waals surface area contributed by atoms with Gasteiger partial charge in [0.25, 0.3) is 0 Å². The minimum Gasteiger partial charge on any atom is -0.383 e. The molecule has 3 aromatic carbocycles. The zero-order valence-corrected chi connectivity index (χ0v) is 17.1. The van der Waals surface area contributed by atoms with Crippen LogP contribution in [0.5, 0.6) is 0 Å². The molecular weight excluding hydrogens is 425 g/mol. The second-order valence-electron chi connectivity index (χ2n) is 7.22. The van der Waals surface area contributed by atoms with Gasteiger partial charge in [0.1, 0.15) is 23.5 Å². The van der Waals surface area contributed by atoms with Gasteiger partial charge in [0, 0.05) is 11.1 Å². The summed E-state index contributed by atoms with van der Waals surface area (Å²) < 4.78 is 38.7. The molecule has 2 N–H and O–H groups in total. The smallest absolute Gasteiger partial charge is 0.383 e. The molecule has 33 heavy (non-hydrogen) atoms. The van der Waals surface area contributed by atoms with E-state index >= 15 is 0 Å². The molecule has 4 aromatic rings. The molecule has 0 aliphatic heterocycles. The summed E-state index contributed by atoms with van der Waals surface area (Å²) in [5, 5.41) is 19.7. The number of anilines is 1. The van der Waals surface area contributed by atoms with Crippen LogP contribution in [0.4, 0.5) is 19.0 Å². The molecule has 0 aliphatic carbocycles. The van der Waals surface area contributed by atoms with Gasteiger partial charge in [-0.05, 0) is 34.9 Å². The number of hydrogen-bond donors (Lipinski definition) is 1. The fourth-order valence-corrected chi connectivity index (χ4v) is 3.63. The van der Waals surface area contributed by atoms with E-state index in [2.05, 4.69) is 11.1 Å². The first-order valence-electron chi connectivity index (χ1n) is 9.80. The molecule has 1 aromatic heterocycles. The van der Waals surface area contributed by atoms with Crippen LogP contribution >= 0.6 is 0 Å². The zero-order chi connectivity index (χ0) is 23.6. The van der Waals surface area contributed by atoms with E-state index < -0.39 is 11.7 Å². The Hall–Kier alpha value is -4.62. The van der Waals surface area contributed by atoms with Gasteiger partial charge < -0.3 is 5.73 Å². The molecule has 0 bridgehead atoms. The molecule has 7 heteroatoms. The predicted octanol–water partition coefficient (Wildman–Crippen LogP) is 6.43. The summed E-state index contributed by atoms with van der Waals surface area (Å²) in [5.74, 6) is -0.00899. The van der Waals surface area contributed by atoms with Crippen molar-refractivity contribution in [2.75, 3.05) is 5.73 Å². The van der Waals surface area contributed by atoms with Gasteiger partial charge in [0.15, 0.2) is 0 Å². The van der Waals surface area contributed by atoms with Crippen molar-refractivity contribution < 1.29 is 13.2 Å². The molecule has 0 atom stereocenters. The van der Waals surface area contributed by atoms with Crippen LogP contribution in [-0.4, -0.2) is 4.98 Å². The molecule has 1 heterocycles. The lowest BCUT2D eigenvalue weighted by Gasteiger charge is -2.14. The van der Waals surface area contributed by atoms with Crippen LogP contribution in [0.15, 0.2) is 78.9 Å². The summed E-state index contributed by atoms with van der Waals surface area (Å²) >= 11 is 0. The first-order valence-corrected chi connectivity index (χ1v) is 9.80. The summed E-state index contributed by atoms with van der Waals surface area (Å²) in [7, 11) is 0. The van der Waals surface area contributed by atoms with Crippen molar-refractivity contribution in [2.24, 2.45) is 0 Å². The Morgan fingerprint density at radius 2 is 1.30 bits per heavy atom. The van der Waals surface area contributed by atoms with Crippen LogP contribution in [-0.2, 0) is 6.18 Å². The number of pyridine rings is 1. The minimum atomic E-state index is -4.42. The van der Waals surface area contributed by atoms with Crippen molar-refractivity contribution in [3.05, 3.63) is 95.6 Å². The van der Waals surface area contributed by atoms with Crippen LogP contribution in [0.2, 0.25) is 0 Å². The number of aromatic nitrogens is 1. The minimum absolute atomic E-state index is 0.00899. The SMILES string of the molecule is N#Cc1c(N)nc(-c2ccccc2)c(C#N)c1-c1cccc(-c2ccc(C(F)(F)F)cc2)c1. The second-order valence-corrected chi connectivity index (χ2v) is 7.22. The molecule has 4 nitrogen and oxygen atoms in total. The van der Waals surface area contributed by atoms with E-state index in [0.29, 0.717) is 33.5 Å². The lowest BCUT2D eigenvalue weighted by Crippen LogP contribution is -2.04. The van der Waals surface area contributed by atoms with Gasteiger partial charge in [-0.3, -0.25) is 0 Å². The Labute approximate surface area is 188 Å². The van der Waals surface area contributed by atoms with E-state index in [-0.39, 0.29) is 16.9 Å². The molecule has 0 radical (unpaired) electrons. The van der Waals surface area contributed by atoms with Gasteiger partial charge in [-0.25, -0.2) is 4.98 Å². The Kier molecular flexibility index (Phi) is 5.56. The van der Waals surface area contributed by atoms with E-state index in [1.165, 1.54) is 12.1 Å². The van der Waals surface area contributed by atoms with Gasteiger partial charge in [0.05, 0.1) is 16.8 Å². The number of alkyl halides is 3. The van der Waals surface area contributed by atoms with Crippen LogP contribution in [0, 0.1) is 22.7 Å². The molecule has 0 saturated carbocycles. The monoisotopic (exact) mass is 440 g/mol. The lowest BCUT2D eigenvalue weighted by atomic mass is 9.91. The highest BCUT2D eigenvalue weighted by atomic mass is 19.4. The zero-order valence-electron chi connectivity index (χ0n) is 17.1. The van der Waals surface area contributed by atoms with Crippen LogP contribution in [0.1, 0.15) is 16.7 Å². The lowest BCUT2D eigenvalue weighted by molar-refractivity contribution is -0.137. The molecule has 0 amide bonds. The second kappa shape index (κ2) is 8.49. The van der Waals surface area contributed by atoms with E-state index in [4.69, 9.17) is 5.73 Å². The number of benzene rings is 3. The number of nitriles is 2. The van der Waals surface area contributed by atoms with Gasteiger partial charge in [-0.2, -0.15) is 23.7 Å². The van der Waals surface area contributed by atoms with Gasteiger partial charge in [-0.1, -0.05) is 60.7 Å². The summed E-state index contributed by atoms with van der Waals surface area (Å²) in [6, 6.07) is 24.9. The van der Waals surface area contributed by atoms with Gasteiger partial charge in [-0.15, -0.1) is 0 Å². The highest BCUT2D eigenvalue weighted by molar-refractivity contribution is 5.88. The highest BCUT2D eigenvalue weighted by Crippen LogP contribution is 2.38. The summed E-state index contributed by atoms with van der Waals surface area (Å²) in [5.41, 5.74) is 8.69. The Morgan fingerprint density at radius 1 is 0.697 bits per heavy atom. The summed E-state index contributed by atoms with van der Waals surface area (Å²) in [4.78, 5) is 4.31. The van der Waals surface area contributed by atoms with Crippen molar-refractivity contribution in [1.82, 2.24) is 4.98 Å². The third-order valence-electron chi connectivity index (χ3n) is 5.19. The van der Waals surface area contributed by atoms with E-state index in [0.717, 1.165) is 12.1 Å². The normalized spacial score (nSPS) is 10.9. The third-order valence-corrected chi connectivity index (χ3v) is 5.19. The van der Waals surface area contributed by atoms with Gasteiger partial charge >= 0.3 is 6.18 Å². The molecule has 0 fully saturated rings. The van der Waals surface area contributed by atoms with Gasteiger partial charge in [0.2, 0.25) is 0 Å². The first-order chi connectivity index (χ1) is 15.8. The van der Waals surface area contributed by atoms with E-state index in [9.17, 15) is 23.7 Å². The standard InChI is InChI=1S/C26H15F3N4/c27-26(28,29)20-11-9-16(10-12-20)18-7-4-8-19(13-18)23-21(14-30)24(17-5-2-1-3-6-17)33-25(32)22(23)15-31/h1-13H,(H2,32,33). The summed E-state index contributed by atoms with van der Waals surface area (Å²) in [6.45, 7) is 0. The van der Waals surface area contributed by atoms with E-state index in [1.807, 2.05) is 12.1 Å².